The van der Waals surface area contributed by atoms with Gasteiger partial charge in [0.25, 0.3) is 0 Å². The standard InChI is InChI=1S/C13H20N2O2/c1-9(2)14-13(16)15-11-7-5-6-8-12(11)17-10(3)4/h5-10H,1-4H3,(H2,14,15,16). The Kier molecular flexibility index (Phi) is 4.82. The molecule has 94 valence electrons. The van der Waals surface area contributed by atoms with Crippen molar-refractivity contribution in [2.45, 2.75) is 39.8 Å². The third kappa shape index (κ3) is 4.76. The maximum Gasteiger partial charge on any atom is 0.319 e. The summed E-state index contributed by atoms with van der Waals surface area (Å²) < 4.78 is 5.61. The minimum Gasteiger partial charge on any atom is -0.489 e. The van der Waals surface area contributed by atoms with E-state index in [4.69, 9.17) is 4.74 Å². The molecule has 0 heterocycles. The molecule has 0 radical (unpaired) electrons. The molecule has 0 unspecified atom stereocenters. The van der Waals surface area contributed by atoms with Crippen molar-refractivity contribution in [3.63, 3.8) is 0 Å². The maximum atomic E-state index is 11.6. The van der Waals surface area contributed by atoms with Gasteiger partial charge >= 0.3 is 6.03 Å². The number of urea groups is 1. The third-order valence-corrected chi connectivity index (χ3v) is 1.92. The lowest BCUT2D eigenvalue weighted by Gasteiger charge is -2.15. The van der Waals surface area contributed by atoms with Gasteiger partial charge in [-0.1, -0.05) is 12.1 Å². The molecule has 1 aromatic rings. The third-order valence-electron chi connectivity index (χ3n) is 1.92. The van der Waals surface area contributed by atoms with Crippen molar-refractivity contribution in [2.75, 3.05) is 5.32 Å². The van der Waals surface area contributed by atoms with E-state index in [-0.39, 0.29) is 18.2 Å². The Bertz CT molecular complexity index is 375. The monoisotopic (exact) mass is 236 g/mol. The predicted octanol–water partition coefficient (Wildman–Crippen LogP) is 3.00. The predicted molar refractivity (Wildman–Crippen MR) is 69.5 cm³/mol. The molecule has 0 saturated carbocycles. The molecule has 1 rings (SSSR count). The van der Waals surface area contributed by atoms with E-state index in [2.05, 4.69) is 10.6 Å². The molecule has 0 aliphatic heterocycles. The molecule has 0 aliphatic rings. The lowest BCUT2D eigenvalue weighted by Crippen LogP contribution is -2.34. The zero-order valence-corrected chi connectivity index (χ0v) is 10.8. The van der Waals surface area contributed by atoms with Crippen molar-refractivity contribution in [1.29, 1.82) is 0 Å². The van der Waals surface area contributed by atoms with Crippen LogP contribution in [0.25, 0.3) is 0 Å². The Balaban J connectivity index is 2.72. The highest BCUT2D eigenvalue weighted by molar-refractivity contribution is 5.91. The van der Waals surface area contributed by atoms with E-state index in [1.807, 2.05) is 52.0 Å². The first kappa shape index (κ1) is 13.4. The number of para-hydroxylation sites is 2. The molecule has 2 amide bonds. The molecule has 4 heteroatoms. The smallest absolute Gasteiger partial charge is 0.319 e. The topological polar surface area (TPSA) is 50.4 Å². The number of benzene rings is 1. The summed E-state index contributed by atoms with van der Waals surface area (Å²) >= 11 is 0. The van der Waals surface area contributed by atoms with Gasteiger partial charge < -0.3 is 15.4 Å². The second-order valence-corrected chi connectivity index (χ2v) is 4.42. The molecule has 1 aromatic carbocycles. The number of amides is 2. The molecule has 17 heavy (non-hydrogen) atoms. The van der Waals surface area contributed by atoms with Gasteiger partial charge in [-0.2, -0.15) is 0 Å². The summed E-state index contributed by atoms with van der Waals surface area (Å²) in [6.45, 7) is 7.72. The van der Waals surface area contributed by atoms with Gasteiger partial charge in [-0.05, 0) is 39.8 Å². The first-order valence-electron chi connectivity index (χ1n) is 5.82. The van der Waals surface area contributed by atoms with E-state index in [0.717, 1.165) is 0 Å². The average Bonchev–Trinajstić information content (AvgIpc) is 2.18. The number of carbonyl (C=O) groups excluding carboxylic acids is 1. The van der Waals surface area contributed by atoms with Crippen LogP contribution in [0.2, 0.25) is 0 Å². The molecule has 0 saturated heterocycles. The zero-order valence-electron chi connectivity index (χ0n) is 10.8. The van der Waals surface area contributed by atoms with E-state index < -0.39 is 0 Å². The normalized spacial score (nSPS) is 10.5. The largest absolute Gasteiger partial charge is 0.489 e. The Labute approximate surface area is 102 Å². The van der Waals surface area contributed by atoms with Gasteiger partial charge in [0.15, 0.2) is 0 Å². The number of nitrogens with one attached hydrogen (secondary N) is 2. The lowest BCUT2D eigenvalue weighted by molar-refractivity contribution is 0.241. The van der Waals surface area contributed by atoms with Crippen LogP contribution in [0, 0.1) is 0 Å². The van der Waals surface area contributed by atoms with Crippen molar-refractivity contribution in [3.8, 4) is 5.75 Å². The summed E-state index contributed by atoms with van der Waals surface area (Å²) in [6, 6.07) is 7.28. The minimum atomic E-state index is -0.222. The van der Waals surface area contributed by atoms with E-state index >= 15 is 0 Å². The number of hydrogen-bond donors (Lipinski definition) is 2. The maximum absolute atomic E-state index is 11.6. The molecule has 0 fully saturated rings. The number of anilines is 1. The van der Waals surface area contributed by atoms with Crippen molar-refractivity contribution in [2.24, 2.45) is 0 Å². The van der Waals surface area contributed by atoms with Crippen molar-refractivity contribution in [3.05, 3.63) is 24.3 Å². The second-order valence-electron chi connectivity index (χ2n) is 4.42. The molecular weight excluding hydrogens is 216 g/mol. The summed E-state index contributed by atoms with van der Waals surface area (Å²) in [5.74, 6) is 0.682. The number of ether oxygens (including phenoxy) is 1. The fourth-order valence-electron chi connectivity index (χ4n) is 1.35. The van der Waals surface area contributed by atoms with Crippen LogP contribution in [-0.4, -0.2) is 18.2 Å². The summed E-state index contributed by atoms with van der Waals surface area (Å²) in [5.41, 5.74) is 0.680. The average molecular weight is 236 g/mol. The van der Waals surface area contributed by atoms with Crippen LogP contribution in [0.3, 0.4) is 0 Å². The highest BCUT2D eigenvalue weighted by Gasteiger charge is 2.08. The summed E-state index contributed by atoms with van der Waals surface area (Å²) in [5, 5.41) is 5.54. The Morgan fingerprint density at radius 1 is 1.18 bits per heavy atom. The van der Waals surface area contributed by atoms with Gasteiger partial charge in [0.05, 0.1) is 11.8 Å². The van der Waals surface area contributed by atoms with E-state index in [9.17, 15) is 4.79 Å². The Hall–Kier alpha value is -1.71. The van der Waals surface area contributed by atoms with Gasteiger partial charge in [-0.25, -0.2) is 4.79 Å². The van der Waals surface area contributed by atoms with Crippen LogP contribution in [0.4, 0.5) is 10.5 Å². The van der Waals surface area contributed by atoms with Crippen LogP contribution in [0.1, 0.15) is 27.7 Å². The van der Waals surface area contributed by atoms with Gasteiger partial charge in [-0.3, -0.25) is 0 Å². The fraction of sp³-hybridized carbons (Fsp3) is 0.462. The van der Waals surface area contributed by atoms with E-state index in [0.29, 0.717) is 11.4 Å². The van der Waals surface area contributed by atoms with Crippen LogP contribution < -0.4 is 15.4 Å². The van der Waals surface area contributed by atoms with Crippen LogP contribution in [0.5, 0.6) is 5.75 Å². The van der Waals surface area contributed by atoms with E-state index in [1.165, 1.54) is 0 Å². The van der Waals surface area contributed by atoms with Gasteiger partial charge in [0.2, 0.25) is 0 Å². The first-order valence-corrected chi connectivity index (χ1v) is 5.82. The summed E-state index contributed by atoms with van der Waals surface area (Å²) in [7, 11) is 0. The molecule has 0 spiro atoms. The van der Waals surface area contributed by atoms with Gasteiger partial charge in [0, 0.05) is 6.04 Å². The summed E-state index contributed by atoms with van der Waals surface area (Å²) in [4.78, 5) is 11.6. The van der Waals surface area contributed by atoms with Crippen LogP contribution >= 0.6 is 0 Å². The quantitative estimate of drug-likeness (QED) is 0.844. The molecule has 0 bridgehead atoms. The van der Waals surface area contributed by atoms with Crippen molar-refractivity contribution in [1.82, 2.24) is 5.32 Å². The highest BCUT2D eigenvalue weighted by atomic mass is 16.5. The SMILES string of the molecule is CC(C)NC(=O)Nc1ccccc1OC(C)C. The van der Waals surface area contributed by atoms with Crippen LogP contribution in [-0.2, 0) is 0 Å². The fourth-order valence-corrected chi connectivity index (χ4v) is 1.35. The molecular formula is C13H20N2O2. The molecule has 2 N–H and O–H groups in total. The van der Waals surface area contributed by atoms with Crippen molar-refractivity contribution < 1.29 is 9.53 Å². The Morgan fingerprint density at radius 3 is 2.41 bits per heavy atom. The molecule has 0 aromatic heterocycles. The van der Waals surface area contributed by atoms with Crippen molar-refractivity contribution >= 4 is 11.7 Å². The molecule has 0 atom stereocenters. The van der Waals surface area contributed by atoms with Gasteiger partial charge in [-0.15, -0.1) is 0 Å². The number of hydrogen-bond acceptors (Lipinski definition) is 2. The highest BCUT2D eigenvalue weighted by Crippen LogP contribution is 2.24. The van der Waals surface area contributed by atoms with E-state index in [1.54, 1.807) is 0 Å². The second kappa shape index (κ2) is 6.13. The number of carbonyl (C=O) groups is 1. The molecule has 4 nitrogen and oxygen atoms in total. The minimum absolute atomic E-state index is 0.0751. The lowest BCUT2D eigenvalue weighted by atomic mass is 10.3. The summed E-state index contributed by atoms with van der Waals surface area (Å²) in [6.07, 6.45) is 0.0751. The molecule has 0 aliphatic carbocycles. The zero-order chi connectivity index (χ0) is 12.8. The Morgan fingerprint density at radius 2 is 1.82 bits per heavy atom. The number of rotatable bonds is 4. The van der Waals surface area contributed by atoms with Crippen LogP contribution in [0.15, 0.2) is 24.3 Å². The first-order chi connectivity index (χ1) is 7.99. The van der Waals surface area contributed by atoms with Gasteiger partial charge in [0.1, 0.15) is 5.75 Å².